The van der Waals surface area contributed by atoms with Gasteiger partial charge in [0.25, 0.3) is 0 Å². The highest BCUT2D eigenvalue weighted by Gasteiger charge is 2.31. The lowest BCUT2D eigenvalue weighted by Crippen LogP contribution is -2.53. The molecular weight excluding hydrogens is 230 g/mol. The number of nitrogens with zero attached hydrogens (tertiary/aromatic N) is 4. The minimum absolute atomic E-state index is 0.573. The number of carbonyl (C=O) groups excluding carboxylic acids is 1. The van der Waals surface area contributed by atoms with Crippen LogP contribution >= 0.6 is 0 Å². The Morgan fingerprint density at radius 2 is 2.11 bits per heavy atom. The summed E-state index contributed by atoms with van der Waals surface area (Å²) in [6, 6.07) is 5.78. The van der Waals surface area contributed by atoms with Crippen molar-refractivity contribution < 1.29 is 4.79 Å². The zero-order valence-corrected chi connectivity index (χ0v) is 9.99. The molecule has 1 aliphatic heterocycles. The van der Waals surface area contributed by atoms with Crippen molar-refractivity contribution in [3.8, 4) is 0 Å². The summed E-state index contributed by atoms with van der Waals surface area (Å²) in [6.07, 6.45) is 0.920. The summed E-state index contributed by atoms with van der Waals surface area (Å²) in [5.74, 6) is 0.354. The fraction of sp³-hybridized carbons (Fsp3) is 0.417. The summed E-state index contributed by atoms with van der Waals surface area (Å²) >= 11 is 0. The topological polar surface area (TPSA) is 66.8 Å². The third kappa shape index (κ3) is 2.57. The van der Waals surface area contributed by atoms with Crippen molar-refractivity contribution in [3.63, 3.8) is 0 Å². The zero-order valence-electron chi connectivity index (χ0n) is 9.99. The molecule has 0 spiro atoms. The van der Waals surface area contributed by atoms with E-state index in [1.54, 1.807) is 6.20 Å². The highest BCUT2D eigenvalue weighted by Crippen LogP contribution is 2.14. The predicted molar refractivity (Wildman–Crippen MR) is 67.6 cm³/mol. The Kier molecular flexibility index (Phi) is 3.75. The molecule has 0 bridgehead atoms. The van der Waals surface area contributed by atoms with Crippen molar-refractivity contribution >= 4 is 11.7 Å². The molecule has 1 saturated heterocycles. The highest BCUT2D eigenvalue weighted by atomic mass is 16.1. The van der Waals surface area contributed by atoms with Gasteiger partial charge in [-0.05, 0) is 12.1 Å². The maximum atomic E-state index is 11.1. The van der Waals surface area contributed by atoms with Crippen LogP contribution in [0.15, 0.2) is 24.4 Å². The lowest BCUT2D eigenvalue weighted by atomic mass is 10.2. The molecule has 2 N–H and O–H groups in total. The summed E-state index contributed by atoms with van der Waals surface area (Å²) in [4.78, 5) is 22.6. The van der Waals surface area contributed by atoms with Gasteiger partial charge in [0, 0.05) is 32.4 Å². The molecule has 0 aliphatic carbocycles. The van der Waals surface area contributed by atoms with Crippen LogP contribution in [0.3, 0.4) is 0 Å². The van der Waals surface area contributed by atoms with Gasteiger partial charge in [0.15, 0.2) is 0 Å². The second-order valence-electron chi connectivity index (χ2n) is 4.12. The molecule has 1 unspecified atom stereocenters. The summed E-state index contributed by atoms with van der Waals surface area (Å²) in [5.41, 5.74) is 5.20. The standard InChI is InChI=1S/C12H15N5O/c1-14-12(11(13)18)17-8-6-16(7-9-17)10-4-2-3-5-15-10/h2-5,12H,6-9H2,(H2,13,18). The summed E-state index contributed by atoms with van der Waals surface area (Å²) in [7, 11) is 0. The Morgan fingerprint density at radius 3 is 2.61 bits per heavy atom. The lowest BCUT2D eigenvalue weighted by molar-refractivity contribution is -0.121. The van der Waals surface area contributed by atoms with E-state index in [4.69, 9.17) is 12.3 Å². The van der Waals surface area contributed by atoms with E-state index in [0.29, 0.717) is 13.1 Å². The molecule has 6 nitrogen and oxygen atoms in total. The molecule has 1 aromatic rings. The van der Waals surface area contributed by atoms with Gasteiger partial charge in [0.2, 0.25) is 0 Å². The van der Waals surface area contributed by atoms with Crippen molar-refractivity contribution in [2.75, 3.05) is 31.1 Å². The molecular formula is C12H15N5O. The molecule has 2 rings (SSSR count). The molecule has 1 aliphatic rings. The Hall–Kier alpha value is -2.13. The minimum atomic E-state index is -0.837. The fourth-order valence-corrected chi connectivity index (χ4v) is 2.06. The Labute approximate surface area is 106 Å². The van der Waals surface area contributed by atoms with Crippen LogP contribution in [-0.2, 0) is 4.79 Å². The molecule has 0 aromatic carbocycles. The van der Waals surface area contributed by atoms with Crippen LogP contribution in [0.2, 0.25) is 0 Å². The average Bonchev–Trinajstić information content (AvgIpc) is 2.41. The van der Waals surface area contributed by atoms with Gasteiger partial charge in [0.05, 0.1) is 0 Å². The first-order valence-corrected chi connectivity index (χ1v) is 5.78. The van der Waals surface area contributed by atoms with Crippen LogP contribution < -0.4 is 10.6 Å². The molecule has 1 aromatic heterocycles. The third-order valence-electron chi connectivity index (χ3n) is 3.01. The van der Waals surface area contributed by atoms with Gasteiger partial charge in [0.1, 0.15) is 5.82 Å². The van der Waals surface area contributed by atoms with Crippen molar-refractivity contribution in [2.24, 2.45) is 5.73 Å². The number of amides is 1. The maximum absolute atomic E-state index is 11.1. The van der Waals surface area contributed by atoms with E-state index >= 15 is 0 Å². The van der Waals surface area contributed by atoms with Crippen molar-refractivity contribution in [3.05, 3.63) is 35.8 Å². The number of rotatable bonds is 3. The summed E-state index contributed by atoms with van der Waals surface area (Å²) in [6.45, 7) is 9.78. The van der Waals surface area contributed by atoms with Crippen LogP contribution in [-0.4, -0.2) is 48.1 Å². The average molecular weight is 245 g/mol. The molecule has 0 saturated carbocycles. The number of pyridine rings is 1. The van der Waals surface area contributed by atoms with Gasteiger partial charge in [-0.3, -0.25) is 9.64 Å². The smallest absolute Gasteiger partial charge is 0.357 e. The number of primary amides is 1. The largest absolute Gasteiger partial charge is 0.362 e. The van der Waals surface area contributed by atoms with Crippen molar-refractivity contribution in [2.45, 2.75) is 6.17 Å². The molecule has 6 heteroatoms. The SMILES string of the molecule is [C-]#[N+]C(C(N)=O)N1CCN(c2ccccn2)CC1. The molecule has 2 heterocycles. The second kappa shape index (κ2) is 5.47. The molecule has 1 atom stereocenters. The number of carbonyl (C=O) groups is 1. The first-order chi connectivity index (χ1) is 8.72. The van der Waals surface area contributed by atoms with E-state index < -0.39 is 12.1 Å². The summed E-state index contributed by atoms with van der Waals surface area (Å²) < 4.78 is 0. The van der Waals surface area contributed by atoms with E-state index in [0.717, 1.165) is 18.9 Å². The van der Waals surface area contributed by atoms with Crippen LogP contribution in [0.5, 0.6) is 0 Å². The van der Waals surface area contributed by atoms with Gasteiger partial charge in [-0.25, -0.2) is 16.5 Å². The number of anilines is 1. The van der Waals surface area contributed by atoms with Crippen molar-refractivity contribution in [1.82, 2.24) is 9.88 Å². The van der Waals surface area contributed by atoms with E-state index in [-0.39, 0.29) is 0 Å². The first-order valence-electron chi connectivity index (χ1n) is 5.78. The van der Waals surface area contributed by atoms with Crippen LogP contribution in [0.4, 0.5) is 5.82 Å². The second-order valence-corrected chi connectivity index (χ2v) is 4.12. The number of hydrogen-bond acceptors (Lipinski definition) is 4. The normalized spacial score (nSPS) is 18.1. The number of hydrogen-bond donors (Lipinski definition) is 1. The first kappa shape index (κ1) is 12.3. The van der Waals surface area contributed by atoms with E-state index in [1.165, 1.54) is 0 Å². The number of nitrogens with two attached hydrogens (primary N) is 1. The summed E-state index contributed by atoms with van der Waals surface area (Å²) in [5, 5.41) is 0. The van der Waals surface area contributed by atoms with Gasteiger partial charge in [-0.15, -0.1) is 0 Å². The molecule has 1 fully saturated rings. The van der Waals surface area contributed by atoms with Crippen LogP contribution in [0.1, 0.15) is 0 Å². The third-order valence-corrected chi connectivity index (χ3v) is 3.01. The highest BCUT2D eigenvalue weighted by molar-refractivity contribution is 5.81. The Bertz CT molecular complexity index is 447. The van der Waals surface area contributed by atoms with E-state index in [9.17, 15) is 4.79 Å². The maximum Gasteiger partial charge on any atom is 0.357 e. The van der Waals surface area contributed by atoms with Crippen LogP contribution in [0.25, 0.3) is 4.85 Å². The molecule has 18 heavy (non-hydrogen) atoms. The fourth-order valence-electron chi connectivity index (χ4n) is 2.06. The van der Waals surface area contributed by atoms with Gasteiger partial charge >= 0.3 is 12.1 Å². The number of piperazine rings is 1. The molecule has 1 amide bonds. The molecule has 94 valence electrons. The Balaban J connectivity index is 1.97. The minimum Gasteiger partial charge on any atom is -0.362 e. The van der Waals surface area contributed by atoms with Crippen LogP contribution in [0, 0.1) is 6.57 Å². The van der Waals surface area contributed by atoms with E-state index in [2.05, 4.69) is 14.7 Å². The number of aromatic nitrogens is 1. The predicted octanol–water partition coefficient (Wildman–Crippen LogP) is -0.0657. The van der Waals surface area contributed by atoms with Gasteiger partial charge in [-0.1, -0.05) is 6.07 Å². The van der Waals surface area contributed by atoms with E-state index in [1.807, 2.05) is 23.1 Å². The zero-order chi connectivity index (χ0) is 13.0. The van der Waals surface area contributed by atoms with Crippen molar-refractivity contribution in [1.29, 1.82) is 0 Å². The monoisotopic (exact) mass is 245 g/mol. The van der Waals surface area contributed by atoms with Gasteiger partial charge < -0.3 is 10.6 Å². The van der Waals surface area contributed by atoms with Gasteiger partial charge in [-0.2, -0.15) is 0 Å². The molecule has 0 radical (unpaired) electrons. The lowest BCUT2D eigenvalue weighted by Gasteiger charge is -2.34. The quantitative estimate of drug-likeness (QED) is 0.757. The Morgan fingerprint density at radius 1 is 1.39 bits per heavy atom.